The molecule has 9 nitrogen and oxygen atoms in total. The van der Waals surface area contributed by atoms with E-state index in [-0.39, 0.29) is 41.5 Å². The van der Waals surface area contributed by atoms with Crippen molar-refractivity contribution in [3.63, 3.8) is 0 Å². The molecular weight excluding hydrogens is 413 g/mol. The standard InChI is InChI=1S/C19H15ClFN7O2/c1-10-13(20)3-2-4-14(10)23-15(29)9-28-17(22)16(25-27-28)19-24-18(26-30-19)11-5-7-12(21)8-6-11/h2-8H,9,22H2,1H3,(H,23,29). The van der Waals surface area contributed by atoms with Crippen LogP contribution in [0.3, 0.4) is 0 Å². The molecule has 0 aliphatic rings. The van der Waals surface area contributed by atoms with Crippen molar-refractivity contribution in [2.24, 2.45) is 0 Å². The van der Waals surface area contributed by atoms with E-state index >= 15 is 0 Å². The maximum absolute atomic E-state index is 13.1. The predicted molar refractivity (Wildman–Crippen MR) is 108 cm³/mol. The van der Waals surface area contributed by atoms with Gasteiger partial charge in [0.15, 0.2) is 11.5 Å². The zero-order chi connectivity index (χ0) is 21.3. The van der Waals surface area contributed by atoms with Crippen LogP contribution in [0.1, 0.15) is 5.56 Å². The summed E-state index contributed by atoms with van der Waals surface area (Å²) in [7, 11) is 0. The van der Waals surface area contributed by atoms with E-state index in [4.69, 9.17) is 21.9 Å². The number of halogens is 2. The molecule has 0 fully saturated rings. The summed E-state index contributed by atoms with van der Waals surface area (Å²) in [6.07, 6.45) is 0. The van der Waals surface area contributed by atoms with E-state index in [1.807, 2.05) is 0 Å². The molecule has 0 spiro atoms. The van der Waals surface area contributed by atoms with Gasteiger partial charge in [-0.1, -0.05) is 28.0 Å². The summed E-state index contributed by atoms with van der Waals surface area (Å²) in [4.78, 5) is 16.6. The van der Waals surface area contributed by atoms with Crippen LogP contribution in [0.5, 0.6) is 0 Å². The quantitative estimate of drug-likeness (QED) is 0.500. The number of benzene rings is 2. The highest BCUT2D eigenvalue weighted by atomic mass is 35.5. The highest BCUT2D eigenvalue weighted by molar-refractivity contribution is 6.31. The van der Waals surface area contributed by atoms with E-state index in [2.05, 4.69) is 25.8 Å². The Labute approximate surface area is 174 Å². The van der Waals surface area contributed by atoms with Gasteiger partial charge in [-0.05, 0) is 48.9 Å². The van der Waals surface area contributed by atoms with Crippen LogP contribution in [-0.2, 0) is 11.3 Å². The first kappa shape index (κ1) is 19.5. The van der Waals surface area contributed by atoms with Crippen molar-refractivity contribution in [1.82, 2.24) is 25.1 Å². The number of nitrogens with two attached hydrogens (primary N) is 1. The highest BCUT2D eigenvalue weighted by Gasteiger charge is 2.20. The topological polar surface area (TPSA) is 125 Å². The highest BCUT2D eigenvalue weighted by Crippen LogP contribution is 2.25. The lowest BCUT2D eigenvalue weighted by molar-refractivity contribution is -0.116. The molecule has 2 aromatic heterocycles. The third-order valence-electron chi connectivity index (χ3n) is 4.34. The van der Waals surface area contributed by atoms with Crippen LogP contribution in [0.4, 0.5) is 15.9 Å². The van der Waals surface area contributed by atoms with E-state index in [0.29, 0.717) is 16.3 Å². The number of hydrogen-bond acceptors (Lipinski definition) is 7. The molecule has 0 bridgehead atoms. The van der Waals surface area contributed by atoms with E-state index in [0.717, 1.165) is 5.56 Å². The number of carbonyl (C=O) groups excluding carboxylic acids is 1. The van der Waals surface area contributed by atoms with Crippen molar-refractivity contribution < 1.29 is 13.7 Å². The Kier molecular flexibility index (Phi) is 5.15. The minimum atomic E-state index is -0.374. The largest absolute Gasteiger partial charge is 0.382 e. The van der Waals surface area contributed by atoms with Gasteiger partial charge in [0.2, 0.25) is 11.7 Å². The summed E-state index contributed by atoms with van der Waals surface area (Å²) < 4.78 is 19.5. The second-order valence-corrected chi connectivity index (χ2v) is 6.78. The van der Waals surface area contributed by atoms with Gasteiger partial charge in [-0.3, -0.25) is 4.79 Å². The minimum Gasteiger partial charge on any atom is -0.382 e. The third kappa shape index (κ3) is 3.85. The fourth-order valence-electron chi connectivity index (χ4n) is 2.69. The molecule has 152 valence electrons. The van der Waals surface area contributed by atoms with Gasteiger partial charge >= 0.3 is 0 Å². The zero-order valence-corrected chi connectivity index (χ0v) is 16.4. The van der Waals surface area contributed by atoms with E-state index in [1.165, 1.54) is 28.9 Å². The SMILES string of the molecule is Cc1c(Cl)cccc1NC(=O)Cn1nnc(-c2nc(-c3ccc(F)cc3)no2)c1N. The molecule has 1 amide bonds. The molecule has 3 N–H and O–H groups in total. The van der Waals surface area contributed by atoms with Crippen LogP contribution in [0.2, 0.25) is 5.02 Å². The maximum Gasteiger partial charge on any atom is 0.282 e. The Bertz CT molecular complexity index is 1220. The fourth-order valence-corrected chi connectivity index (χ4v) is 2.87. The molecule has 0 saturated carbocycles. The van der Waals surface area contributed by atoms with E-state index < -0.39 is 0 Å². The van der Waals surface area contributed by atoms with Crippen molar-refractivity contribution in [3.05, 3.63) is 58.9 Å². The number of nitrogen functional groups attached to an aromatic ring is 1. The number of rotatable bonds is 5. The Morgan fingerprint density at radius 2 is 2.03 bits per heavy atom. The molecule has 4 aromatic rings. The van der Waals surface area contributed by atoms with Gasteiger partial charge in [0.05, 0.1) is 0 Å². The number of nitrogens with zero attached hydrogens (tertiary/aromatic N) is 5. The van der Waals surface area contributed by atoms with Crippen LogP contribution in [0.25, 0.3) is 23.0 Å². The minimum absolute atomic E-state index is 0.0316. The van der Waals surface area contributed by atoms with Crippen LogP contribution >= 0.6 is 11.6 Å². The van der Waals surface area contributed by atoms with Gasteiger partial charge in [0.25, 0.3) is 5.89 Å². The predicted octanol–water partition coefficient (Wildman–Crippen LogP) is 3.32. The molecule has 4 rings (SSSR count). The normalized spacial score (nSPS) is 10.9. The smallest absolute Gasteiger partial charge is 0.282 e. The van der Waals surface area contributed by atoms with Crippen molar-refractivity contribution in [2.45, 2.75) is 13.5 Å². The first-order valence-corrected chi connectivity index (χ1v) is 9.14. The lowest BCUT2D eigenvalue weighted by Crippen LogP contribution is -2.21. The number of amides is 1. The molecular formula is C19H15ClFN7O2. The summed E-state index contributed by atoms with van der Waals surface area (Å²) in [5.41, 5.74) is 8.10. The van der Waals surface area contributed by atoms with Crippen molar-refractivity contribution in [3.8, 4) is 23.0 Å². The molecule has 2 heterocycles. The molecule has 11 heteroatoms. The summed E-state index contributed by atoms with van der Waals surface area (Å²) >= 11 is 6.07. The molecule has 0 radical (unpaired) electrons. The molecule has 30 heavy (non-hydrogen) atoms. The number of hydrogen-bond donors (Lipinski definition) is 2. The fraction of sp³-hybridized carbons (Fsp3) is 0.105. The van der Waals surface area contributed by atoms with Gasteiger partial charge in [-0.25, -0.2) is 9.07 Å². The second-order valence-electron chi connectivity index (χ2n) is 6.37. The Balaban J connectivity index is 1.51. The lowest BCUT2D eigenvalue weighted by atomic mass is 10.2. The number of aromatic nitrogens is 5. The van der Waals surface area contributed by atoms with Gasteiger partial charge in [-0.2, -0.15) is 4.98 Å². The van der Waals surface area contributed by atoms with Gasteiger partial charge < -0.3 is 15.6 Å². The summed E-state index contributed by atoms with van der Waals surface area (Å²) in [6, 6.07) is 10.8. The van der Waals surface area contributed by atoms with Gasteiger partial charge in [-0.15, -0.1) is 5.10 Å². The molecule has 0 aliphatic carbocycles. The third-order valence-corrected chi connectivity index (χ3v) is 4.75. The second kappa shape index (κ2) is 7.91. The van der Waals surface area contributed by atoms with E-state index in [1.54, 1.807) is 25.1 Å². The zero-order valence-electron chi connectivity index (χ0n) is 15.6. The van der Waals surface area contributed by atoms with Gasteiger partial charge in [0, 0.05) is 16.3 Å². The van der Waals surface area contributed by atoms with Crippen LogP contribution in [-0.4, -0.2) is 31.0 Å². The number of nitrogens with one attached hydrogen (secondary N) is 1. The van der Waals surface area contributed by atoms with Crippen molar-refractivity contribution in [2.75, 3.05) is 11.1 Å². The van der Waals surface area contributed by atoms with Crippen LogP contribution in [0.15, 0.2) is 47.0 Å². The van der Waals surface area contributed by atoms with Crippen LogP contribution < -0.4 is 11.1 Å². The van der Waals surface area contributed by atoms with E-state index in [9.17, 15) is 9.18 Å². The lowest BCUT2D eigenvalue weighted by Gasteiger charge is -2.09. The average molecular weight is 428 g/mol. The number of anilines is 2. The number of carbonyl (C=O) groups is 1. The molecule has 0 aliphatic heterocycles. The Morgan fingerprint density at radius 1 is 1.27 bits per heavy atom. The Hall–Kier alpha value is -3.79. The molecule has 0 saturated heterocycles. The molecule has 0 atom stereocenters. The Morgan fingerprint density at radius 3 is 2.80 bits per heavy atom. The van der Waals surface area contributed by atoms with Gasteiger partial charge in [0.1, 0.15) is 12.4 Å². The van der Waals surface area contributed by atoms with Crippen molar-refractivity contribution >= 4 is 29.0 Å². The average Bonchev–Trinajstić information content (AvgIpc) is 3.34. The van der Waals surface area contributed by atoms with Crippen molar-refractivity contribution in [1.29, 1.82) is 0 Å². The van der Waals surface area contributed by atoms with Crippen LogP contribution in [0, 0.1) is 12.7 Å². The first-order chi connectivity index (χ1) is 14.4. The summed E-state index contributed by atoms with van der Waals surface area (Å²) in [6.45, 7) is 1.62. The first-order valence-electron chi connectivity index (χ1n) is 8.76. The summed E-state index contributed by atoms with van der Waals surface area (Å²) in [5, 5.41) is 15.0. The molecule has 0 unspecified atom stereocenters. The molecule has 2 aromatic carbocycles. The summed E-state index contributed by atoms with van der Waals surface area (Å²) in [5.74, 6) is -0.374. The monoisotopic (exact) mass is 427 g/mol. The maximum atomic E-state index is 13.1.